The van der Waals surface area contributed by atoms with Crippen LogP contribution in [0, 0.1) is 50.2 Å². The number of esters is 2. The number of hydrogen-bond acceptors (Lipinski definition) is 18. The quantitative estimate of drug-likeness (QED) is 0.0611. The lowest BCUT2D eigenvalue weighted by Crippen LogP contribution is -2.76. The first kappa shape index (κ1) is 55.9. The molecule has 0 spiro atoms. The van der Waals surface area contributed by atoms with Crippen molar-refractivity contribution in [2.75, 3.05) is 13.2 Å². The van der Waals surface area contributed by atoms with Gasteiger partial charge >= 0.3 is 17.9 Å². The third kappa shape index (κ3) is 8.49. The molecule has 0 aromatic carbocycles. The molecule has 402 valence electrons. The normalized spacial score (nSPS) is 48.4. The van der Waals surface area contributed by atoms with E-state index in [1.165, 1.54) is 0 Å². The van der Waals surface area contributed by atoms with Gasteiger partial charge in [0.25, 0.3) is 0 Å². The van der Waals surface area contributed by atoms with Crippen molar-refractivity contribution in [1.82, 2.24) is 0 Å². The van der Waals surface area contributed by atoms with E-state index in [9.17, 15) is 65.4 Å². The fraction of sp³-hybridized carbons (Fsp3) is 0.827. The molecule has 7 aliphatic rings. The Kier molecular flexibility index (Phi) is 15.5. The number of carboxylic acids is 1. The molecule has 22 atom stereocenters. The summed E-state index contributed by atoms with van der Waals surface area (Å²) in [5.41, 5.74) is -3.97. The van der Waals surface area contributed by atoms with Crippen LogP contribution in [0.4, 0.5) is 0 Å². The Hall–Kier alpha value is -2.89. The Morgan fingerprint density at radius 2 is 1.32 bits per heavy atom. The fourth-order valence-electron chi connectivity index (χ4n) is 15.0. The van der Waals surface area contributed by atoms with Gasteiger partial charge in [0.1, 0.15) is 48.8 Å². The van der Waals surface area contributed by atoms with Gasteiger partial charge in [-0.05, 0) is 100 Å². The van der Waals surface area contributed by atoms with Crippen molar-refractivity contribution in [2.45, 2.75) is 207 Å². The Morgan fingerprint density at radius 1 is 0.718 bits per heavy atom. The molecule has 19 nitrogen and oxygen atoms in total. The van der Waals surface area contributed by atoms with Crippen molar-refractivity contribution in [3.05, 3.63) is 34.9 Å². The smallest absolute Gasteiger partial charge is 0.335 e. The number of hydrogen-bond donors (Lipinski definition) is 10. The van der Waals surface area contributed by atoms with Gasteiger partial charge < -0.3 is 79.5 Å². The summed E-state index contributed by atoms with van der Waals surface area (Å²) in [6.45, 7) is 19.5. The maximum absolute atomic E-state index is 13.8. The van der Waals surface area contributed by atoms with Crippen LogP contribution < -0.4 is 0 Å². The lowest BCUT2D eigenvalue weighted by atomic mass is 9.32. The van der Waals surface area contributed by atoms with Gasteiger partial charge in [0, 0.05) is 22.0 Å². The van der Waals surface area contributed by atoms with E-state index in [1.54, 1.807) is 39.8 Å². The zero-order valence-electron chi connectivity index (χ0n) is 42.9. The summed E-state index contributed by atoms with van der Waals surface area (Å²) in [6.07, 6.45) is -15.8. The number of aliphatic hydroxyl groups is 9. The van der Waals surface area contributed by atoms with Crippen LogP contribution in [0.3, 0.4) is 0 Å². The predicted octanol–water partition coefficient (Wildman–Crippen LogP) is 1.80. The molecular formula is C52H80O19. The highest BCUT2D eigenvalue weighted by molar-refractivity contribution is 5.89. The molecule has 19 heteroatoms. The summed E-state index contributed by atoms with van der Waals surface area (Å²) in [7, 11) is 0. The average molecular weight is 1010 g/mol. The van der Waals surface area contributed by atoms with Crippen molar-refractivity contribution in [2.24, 2.45) is 50.2 Å². The van der Waals surface area contributed by atoms with Gasteiger partial charge in [-0.25, -0.2) is 14.4 Å². The minimum atomic E-state index is -2.02. The molecule has 5 aliphatic carbocycles. The molecule has 0 aromatic heterocycles. The summed E-state index contributed by atoms with van der Waals surface area (Å²) in [5.74, 6) is -3.72. The molecule has 4 saturated carbocycles. The lowest BCUT2D eigenvalue weighted by Gasteiger charge is -2.73. The second-order valence-corrected chi connectivity index (χ2v) is 23.7. The molecular weight excluding hydrogens is 929 g/mol. The number of fused-ring (bicyclic) bond motifs is 7. The van der Waals surface area contributed by atoms with E-state index in [-0.39, 0.29) is 17.4 Å². The molecule has 2 saturated heterocycles. The molecule has 2 heterocycles. The second kappa shape index (κ2) is 19.7. The molecule has 71 heavy (non-hydrogen) atoms. The van der Waals surface area contributed by atoms with Gasteiger partial charge in [0.05, 0.1) is 36.9 Å². The van der Waals surface area contributed by atoms with Gasteiger partial charge in [0.15, 0.2) is 24.8 Å². The number of allylic oxidation sites excluding steroid dienone is 3. The summed E-state index contributed by atoms with van der Waals surface area (Å²) >= 11 is 0. The molecule has 8 unspecified atom stereocenters. The zero-order valence-corrected chi connectivity index (χ0v) is 42.9. The van der Waals surface area contributed by atoms with Crippen molar-refractivity contribution in [1.29, 1.82) is 0 Å². The maximum Gasteiger partial charge on any atom is 0.335 e. The number of carboxylic acid groups (broad SMARTS) is 1. The van der Waals surface area contributed by atoms with E-state index >= 15 is 0 Å². The molecule has 0 radical (unpaired) electrons. The van der Waals surface area contributed by atoms with E-state index in [0.717, 1.165) is 5.57 Å². The van der Waals surface area contributed by atoms with Gasteiger partial charge in [-0.15, -0.1) is 0 Å². The van der Waals surface area contributed by atoms with Crippen LogP contribution >= 0.6 is 0 Å². The second-order valence-electron chi connectivity index (χ2n) is 23.7. The van der Waals surface area contributed by atoms with Crippen LogP contribution in [0.1, 0.15) is 115 Å². The molecule has 0 aromatic rings. The van der Waals surface area contributed by atoms with E-state index in [1.807, 2.05) is 34.6 Å². The lowest BCUT2D eigenvalue weighted by molar-refractivity contribution is -0.374. The summed E-state index contributed by atoms with van der Waals surface area (Å²) in [6, 6.07) is 0. The number of ether oxygens (including phenoxy) is 6. The van der Waals surface area contributed by atoms with Gasteiger partial charge in [-0.1, -0.05) is 72.3 Å². The first-order chi connectivity index (χ1) is 33.0. The van der Waals surface area contributed by atoms with Crippen LogP contribution in [0.2, 0.25) is 0 Å². The average Bonchev–Trinajstić information content (AvgIpc) is 3.31. The van der Waals surface area contributed by atoms with E-state index in [2.05, 4.69) is 19.9 Å². The van der Waals surface area contributed by atoms with Crippen molar-refractivity contribution < 1.29 is 93.9 Å². The SMILES string of the molecule is CC=C(C)C(=O)O[C@H]1[C@H](OC(=O)C(C)=CC)C2(CO)C(CC1(C)C)C1=CCC3[C@@]4(C)CC[C@H](O[C@@H]5OC(C(=O)O)[C@@H](O)[C@@H](O)C5O[C@@H]5OC(CO)[C@H](O)[C@@H](O)C5O)C(C)(C)C4CC[C@@]3(C)[C@]1(C)[C@@H](O)[C@H]2O. The molecule has 2 aliphatic heterocycles. The van der Waals surface area contributed by atoms with E-state index in [4.69, 9.17) is 28.4 Å². The molecule has 0 amide bonds. The molecule has 6 fully saturated rings. The van der Waals surface area contributed by atoms with E-state index < -0.39 is 161 Å². The zero-order chi connectivity index (χ0) is 52.9. The number of aliphatic carboxylic acids is 1. The van der Waals surface area contributed by atoms with Gasteiger partial charge in [-0.2, -0.15) is 0 Å². The third-order valence-corrected chi connectivity index (χ3v) is 19.6. The van der Waals surface area contributed by atoms with Crippen LogP contribution in [0.25, 0.3) is 0 Å². The van der Waals surface area contributed by atoms with Crippen molar-refractivity contribution in [3.63, 3.8) is 0 Å². The Bertz CT molecular complexity index is 2120. The number of carbonyl (C=O) groups excluding carboxylic acids is 2. The summed E-state index contributed by atoms with van der Waals surface area (Å²) in [4.78, 5) is 39.6. The summed E-state index contributed by atoms with van der Waals surface area (Å²) in [5, 5.41) is 111. The van der Waals surface area contributed by atoms with Crippen LogP contribution in [-0.4, -0.2) is 174 Å². The first-order valence-electron chi connectivity index (χ1n) is 25.2. The number of carbonyl (C=O) groups is 3. The van der Waals surface area contributed by atoms with Crippen LogP contribution in [0.5, 0.6) is 0 Å². The largest absolute Gasteiger partial charge is 0.479 e. The topological polar surface area (TPSA) is 309 Å². The highest BCUT2D eigenvalue weighted by atomic mass is 16.8. The predicted molar refractivity (Wildman–Crippen MR) is 250 cm³/mol. The Labute approximate surface area is 415 Å². The van der Waals surface area contributed by atoms with E-state index in [0.29, 0.717) is 44.1 Å². The highest BCUT2D eigenvalue weighted by Gasteiger charge is 2.76. The minimum Gasteiger partial charge on any atom is -0.479 e. The van der Waals surface area contributed by atoms with Crippen LogP contribution in [0.15, 0.2) is 34.9 Å². The Balaban J connectivity index is 1.22. The van der Waals surface area contributed by atoms with Gasteiger partial charge in [-0.3, -0.25) is 0 Å². The fourth-order valence-corrected chi connectivity index (χ4v) is 15.0. The molecule has 0 bridgehead atoms. The number of aliphatic hydroxyl groups excluding tert-OH is 9. The van der Waals surface area contributed by atoms with Crippen molar-refractivity contribution in [3.8, 4) is 0 Å². The highest BCUT2D eigenvalue weighted by Crippen LogP contribution is 2.76. The first-order valence-corrected chi connectivity index (χ1v) is 25.2. The Morgan fingerprint density at radius 3 is 1.89 bits per heavy atom. The molecule has 7 rings (SSSR count). The molecule has 10 N–H and O–H groups in total. The maximum atomic E-state index is 13.8. The monoisotopic (exact) mass is 1010 g/mol. The van der Waals surface area contributed by atoms with Crippen LogP contribution in [-0.2, 0) is 42.8 Å². The van der Waals surface area contributed by atoms with Gasteiger partial charge in [0.2, 0.25) is 0 Å². The van der Waals surface area contributed by atoms with Crippen molar-refractivity contribution >= 4 is 17.9 Å². The minimum absolute atomic E-state index is 0.0740. The number of rotatable bonds is 11. The summed E-state index contributed by atoms with van der Waals surface area (Å²) < 4.78 is 36.5. The third-order valence-electron chi connectivity index (χ3n) is 19.6. The standard InChI is InChI=1S/C52H80O19/c1-12-23(3)43(64)70-40-41(71-44(65)24(4)13-2)52(22-54)26(20-47(40,5)6)25-14-15-29-49(9)18-17-30(48(7,8)28(49)16-19-50(29,10)51(25,11)38(60)39(52)61)67-46-37(34(58)33(57)36(68-46)42(62)63)69-45-35(59)32(56)31(55)27(21-53)66-45/h12-14,26-41,45-46,53-61H,15-22H2,1-11H3,(H,62,63)/t26?,27?,28?,29?,30-,31-,32+,33-,34+,35?,36?,37?,38-,39+,40-,41-,45-,46+,49-,50+,51-,52?/m0/s1.